The van der Waals surface area contributed by atoms with Crippen molar-refractivity contribution < 1.29 is 42.7 Å². The number of carboxylic acids is 1. The number of nitrogens with zero attached hydrogens (tertiary/aromatic N) is 3. The molecule has 0 aliphatic carbocycles. The summed E-state index contributed by atoms with van der Waals surface area (Å²) >= 11 is 0. The van der Waals surface area contributed by atoms with Crippen molar-refractivity contribution in [2.45, 2.75) is 58.6 Å². The quantitative estimate of drug-likeness (QED) is 0.172. The van der Waals surface area contributed by atoms with Crippen LogP contribution in [0.3, 0.4) is 0 Å². The number of likely N-dealkylation sites (tertiary alicyclic amines) is 1. The molecule has 1 aromatic heterocycles. The third-order valence-electron chi connectivity index (χ3n) is 6.92. The molecule has 4 rings (SSSR count). The van der Waals surface area contributed by atoms with E-state index in [4.69, 9.17) is 9.47 Å². The van der Waals surface area contributed by atoms with E-state index in [2.05, 4.69) is 4.98 Å². The van der Waals surface area contributed by atoms with Crippen molar-refractivity contribution in [3.63, 3.8) is 0 Å². The molecular weight excluding hydrogens is 580 g/mol. The van der Waals surface area contributed by atoms with Crippen molar-refractivity contribution >= 4 is 23.7 Å². The number of nitro groups is 1. The van der Waals surface area contributed by atoms with E-state index in [-0.39, 0.29) is 52.4 Å². The summed E-state index contributed by atoms with van der Waals surface area (Å²) < 4.78 is 39.4. The number of aromatic nitrogens is 1. The standard InChI is InChI=1S/C31H31F2N3O8/c1-5-43-29(39)25-24(17-8-10-18(11-9-17)28(37)38)27(36(41)42)22(15-19-12-13-20(32)16-21(19)33)34-26(25)23-7-6-14-35(23)30(40)44-31(2,3)4/h8-13,16,23H,5-7,14-15H2,1-4H3,(H,37,38). The van der Waals surface area contributed by atoms with Crippen molar-refractivity contribution in [2.75, 3.05) is 13.2 Å². The van der Waals surface area contributed by atoms with Crippen molar-refractivity contribution in [1.82, 2.24) is 9.88 Å². The second kappa shape index (κ2) is 12.7. The zero-order valence-corrected chi connectivity index (χ0v) is 24.6. The number of hydrogen-bond acceptors (Lipinski definition) is 8. The number of rotatable bonds is 8. The maximum Gasteiger partial charge on any atom is 0.410 e. The van der Waals surface area contributed by atoms with E-state index >= 15 is 0 Å². The van der Waals surface area contributed by atoms with Gasteiger partial charge in [0, 0.05) is 19.0 Å². The van der Waals surface area contributed by atoms with Gasteiger partial charge in [-0.3, -0.25) is 15.0 Å². The fraction of sp³-hybridized carbons (Fsp3) is 0.355. The fourth-order valence-electron chi connectivity index (χ4n) is 5.11. The molecule has 1 aliphatic rings. The number of carbonyl (C=O) groups is 3. The van der Waals surface area contributed by atoms with E-state index in [1.54, 1.807) is 27.7 Å². The summed E-state index contributed by atoms with van der Waals surface area (Å²) in [6, 6.07) is 6.96. The summed E-state index contributed by atoms with van der Waals surface area (Å²) in [5.41, 5.74) is -2.40. The zero-order valence-electron chi connectivity index (χ0n) is 24.6. The van der Waals surface area contributed by atoms with Crippen molar-refractivity contribution in [1.29, 1.82) is 0 Å². The van der Waals surface area contributed by atoms with Crippen molar-refractivity contribution in [3.05, 3.63) is 92.3 Å². The van der Waals surface area contributed by atoms with Crippen molar-refractivity contribution in [2.24, 2.45) is 0 Å². The van der Waals surface area contributed by atoms with Gasteiger partial charge in [0.25, 0.3) is 5.69 Å². The maximum absolute atomic E-state index is 14.8. The number of hydrogen-bond donors (Lipinski definition) is 1. The summed E-state index contributed by atoms with van der Waals surface area (Å²) in [4.78, 5) is 56.2. The van der Waals surface area contributed by atoms with Crippen LogP contribution in [0.4, 0.5) is 19.3 Å². The molecular formula is C31H31F2N3O8. The Morgan fingerprint density at radius 3 is 2.39 bits per heavy atom. The molecule has 1 unspecified atom stereocenters. The summed E-state index contributed by atoms with van der Waals surface area (Å²) in [6.07, 6.45) is -0.334. The molecule has 1 fully saturated rings. The van der Waals surface area contributed by atoms with Crippen LogP contribution in [0.15, 0.2) is 42.5 Å². The number of carboxylic acid groups (broad SMARTS) is 1. The van der Waals surface area contributed by atoms with Crippen LogP contribution in [-0.2, 0) is 15.9 Å². The molecule has 11 nitrogen and oxygen atoms in total. The number of aromatic carboxylic acids is 1. The molecule has 13 heteroatoms. The predicted octanol–water partition coefficient (Wildman–Crippen LogP) is 6.47. The third kappa shape index (κ3) is 6.82. The molecule has 0 saturated carbocycles. The zero-order chi connectivity index (χ0) is 32.3. The first-order chi connectivity index (χ1) is 20.7. The summed E-state index contributed by atoms with van der Waals surface area (Å²) in [5.74, 6) is -3.99. The highest BCUT2D eigenvalue weighted by Crippen LogP contribution is 2.43. The van der Waals surface area contributed by atoms with Crippen LogP contribution >= 0.6 is 0 Å². The van der Waals surface area contributed by atoms with Crippen LogP contribution in [0.5, 0.6) is 0 Å². The van der Waals surface area contributed by atoms with Gasteiger partial charge in [0.1, 0.15) is 22.9 Å². The van der Waals surface area contributed by atoms with Crippen LogP contribution in [0, 0.1) is 21.7 Å². The third-order valence-corrected chi connectivity index (χ3v) is 6.92. The molecule has 0 bridgehead atoms. The topological polar surface area (TPSA) is 149 Å². The molecule has 1 atom stereocenters. The lowest BCUT2D eigenvalue weighted by molar-refractivity contribution is -0.385. The normalized spacial score (nSPS) is 14.8. The van der Waals surface area contributed by atoms with E-state index in [1.807, 2.05) is 0 Å². The van der Waals surface area contributed by atoms with E-state index < -0.39 is 58.3 Å². The average molecular weight is 612 g/mol. The van der Waals surface area contributed by atoms with Gasteiger partial charge in [-0.2, -0.15) is 0 Å². The first kappa shape index (κ1) is 32.0. The Bertz CT molecular complexity index is 1620. The van der Waals surface area contributed by atoms with Crippen LogP contribution in [0.1, 0.15) is 84.2 Å². The number of amides is 1. The second-order valence-corrected chi connectivity index (χ2v) is 11.1. The van der Waals surface area contributed by atoms with Gasteiger partial charge >= 0.3 is 18.0 Å². The Morgan fingerprint density at radius 2 is 1.82 bits per heavy atom. The number of esters is 1. The molecule has 44 heavy (non-hydrogen) atoms. The van der Waals surface area contributed by atoms with E-state index in [9.17, 15) is 38.4 Å². The number of benzene rings is 2. The molecule has 0 radical (unpaired) electrons. The molecule has 1 amide bonds. The van der Waals surface area contributed by atoms with Crippen LogP contribution < -0.4 is 0 Å². The molecule has 1 aliphatic heterocycles. The Morgan fingerprint density at radius 1 is 1.14 bits per heavy atom. The molecule has 232 valence electrons. The largest absolute Gasteiger partial charge is 0.478 e. The highest BCUT2D eigenvalue weighted by Gasteiger charge is 2.41. The first-order valence-electron chi connectivity index (χ1n) is 13.9. The summed E-state index contributed by atoms with van der Waals surface area (Å²) in [5, 5.41) is 22.1. The van der Waals surface area contributed by atoms with E-state index in [1.165, 1.54) is 29.2 Å². The van der Waals surface area contributed by atoms with Gasteiger partial charge in [0.2, 0.25) is 0 Å². The van der Waals surface area contributed by atoms with Gasteiger partial charge in [-0.1, -0.05) is 18.2 Å². The predicted molar refractivity (Wildman–Crippen MR) is 153 cm³/mol. The van der Waals surface area contributed by atoms with Crippen LogP contribution in [0.2, 0.25) is 0 Å². The smallest absolute Gasteiger partial charge is 0.410 e. The minimum atomic E-state index is -1.24. The number of pyridine rings is 1. The average Bonchev–Trinajstić information content (AvgIpc) is 3.43. The number of ether oxygens (including phenoxy) is 2. The summed E-state index contributed by atoms with van der Waals surface area (Å²) in [6.45, 7) is 6.78. The molecule has 3 aromatic rings. The van der Waals surface area contributed by atoms with Crippen LogP contribution in [-0.4, -0.2) is 56.7 Å². The Balaban J connectivity index is 2.06. The highest BCUT2D eigenvalue weighted by molar-refractivity contribution is 6.02. The molecule has 2 heterocycles. The van der Waals surface area contributed by atoms with Gasteiger partial charge in [-0.15, -0.1) is 0 Å². The molecule has 1 saturated heterocycles. The first-order valence-corrected chi connectivity index (χ1v) is 13.9. The highest BCUT2D eigenvalue weighted by atomic mass is 19.1. The van der Waals surface area contributed by atoms with Gasteiger partial charge in [0.15, 0.2) is 0 Å². The van der Waals surface area contributed by atoms with Crippen molar-refractivity contribution in [3.8, 4) is 11.1 Å². The number of halogens is 2. The molecule has 0 spiro atoms. The Labute approximate surface area is 251 Å². The van der Waals surface area contributed by atoms with Crippen LogP contribution in [0.25, 0.3) is 11.1 Å². The van der Waals surface area contributed by atoms with Gasteiger partial charge < -0.3 is 14.6 Å². The van der Waals surface area contributed by atoms with Gasteiger partial charge in [0.05, 0.1) is 40.0 Å². The second-order valence-electron chi connectivity index (χ2n) is 11.1. The fourth-order valence-corrected chi connectivity index (χ4v) is 5.11. The monoisotopic (exact) mass is 611 g/mol. The minimum Gasteiger partial charge on any atom is -0.478 e. The minimum absolute atomic E-state index is 0.0211. The Hall–Kier alpha value is -4.94. The Kier molecular flexibility index (Phi) is 9.26. The van der Waals surface area contributed by atoms with E-state index in [0.29, 0.717) is 18.9 Å². The lowest BCUT2D eigenvalue weighted by Gasteiger charge is -2.29. The number of carbonyl (C=O) groups excluding carboxylic acids is 2. The van der Waals surface area contributed by atoms with Gasteiger partial charge in [-0.05, 0) is 69.9 Å². The molecule has 2 aromatic carbocycles. The lowest BCUT2D eigenvalue weighted by Crippen LogP contribution is -2.37. The lowest BCUT2D eigenvalue weighted by atomic mass is 9.90. The molecule has 1 N–H and O–H groups in total. The summed E-state index contributed by atoms with van der Waals surface area (Å²) in [7, 11) is 0. The van der Waals surface area contributed by atoms with Gasteiger partial charge in [-0.25, -0.2) is 28.1 Å². The van der Waals surface area contributed by atoms with E-state index in [0.717, 1.165) is 12.1 Å². The SMILES string of the molecule is CCOC(=O)c1c(C2CCCN2C(=O)OC(C)(C)C)nc(Cc2ccc(F)cc2F)c([N+](=O)[O-])c1-c1ccc(C(=O)O)cc1. The maximum atomic E-state index is 14.8.